The van der Waals surface area contributed by atoms with Crippen LogP contribution in [-0.2, 0) is 28.6 Å². The molecule has 0 N–H and O–H groups in total. The molecule has 0 heterocycles. The van der Waals surface area contributed by atoms with Crippen molar-refractivity contribution in [3.63, 3.8) is 0 Å². The molecule has 0 saturated heterocycles. The lowest BCUT2D eigenvalue weighted by atomic mass is 10.1. The molecular formula is C16H28O6. The first-order chi connectivity index (χ1) is 10.5. The van der Waals surface area contributed by atoms with Gasteiger partial charge >= 0.3 is 17.9 Å². The summed E-state index contributed by atoms with van der Waals surface area (Å²) in [4.78, 5) is 34.9. The molecule has 128 valence electrons. The second-order valence-corrected chi connectivity index (χ2v) is 4.90. The number of rotatable bonds is 12. The third-order valence-corrected chi connectivity index (χ3v) is 2.97. The highest BCUT2D eigenvalue weighted by Crippen LogP contribution is 2.09. The lowest BCUT2D eigenvalue weighted by molar-refractivity contribution is -0.171. The predicted octanol–water partition coefficient (Wildman–Crippen LogP) is 2.78. The summed E-state index contributed by atoms with van der Waals surface area (Å²) in [5.74, 6) is -1.79. The zero-order chi connectivity index (χ0) is 16.8. The molecule has 0 fully saturated rings. The molecule has 6 heteroatoms. The van der Waals surface area contributed by atoms with Gasteiger partial charge in [0.25, 0.3) is 0 Å². The Labute approximate surface area is 132 Å². The Hall–Kier alpha value is -1.59. The Morgan fingerprint density at radius 2 is 1.45 bits per heavy atom. The molecule has 0 aromatic heterocycles. The molecule has 0 aliphatic heterocycles. The molecule has 0 aliphatic carbocycles. The fraction of sp³-hybridized carbons (Fsp3) is 0.812. The van der Waals surface area contributed by atoms with E-state index in [0.717, 1.165) is 25.7 Å². The van der Waals surface area contributed by atoms with Crippen LogP contribution < -0.4 is 0 Å². The zero-order valence-corrected chi connectivity index (χ0v) is 13.9. The van der Waals surface area contributed by atoms with Gasteiger partial charge in [-0.2, -0.15) is 0 Å². The van der Waals surface area contributed by atoms with Crippen LogP contribution in [0, 0.1) is 0 Å². The molecule has 22 heavy (non-hydrogen) atoms. The van der Waals surface area contributed by atoms with Crippen molar-refractivity contribution in [3.8, 4) is 0 Å². The molecule has 0 unspecified atom stereocenters. The smallest absolute Gasteiger partial charge is 0.348 e. The molecule has 0 spiro atoms. The molecule has 1 atom stereocenters. The van der Waals surface area contributed by atoms with Gasteiger partial charge in [-0.25, -0.2) is 4.79 Å². The summed E-state index contributed by atoms with van der Waals surface area (Å²) >= 11 is 0. The summed E-state index contributed by atoms with van der Waals surface area (Å²) in [6.07, 6.45) is 3.73. The van der Waals surface area contributed by atoms with E-state index in [1.165, 1.54) is 0 Å². The number of unbranched alkanes of at least 4 members (excludes halogenated alkanes) is 4. The fourth-order valence-corrected chi connectivity index (χ4v) is 1.87. The van der Waals surface area contributed by atoms with Crippen LogP contribution in [0.4, 0.5) is 0 Å². The van der Waals surface area contributed by atoms with E-state index >= 15 is 0 Å². The van der Waals surface area contributed by atoms with Gasteiger partial charge in [0.05, 0.1) is 19.6 Å². The van der Waals surface area contributed by atoms with Gasteiger partial charge in [-0.05, 0) is 20.3 Å². The second-order valence-electron chi connectivity index (χ2n) is 4.90. The monoisotopic (exact) mass is 316 g/mol. The minimum atomic E-state index is -1.22. The average molecular weight is 316 g/mol. The van der Waals surface area contributed by atoms with Crippen molar-refractivity contribution in [2.45, 2.75) is 71.8 Å². The molecule has 0 saturated carbocycles. The van der Waals surface area contributed by atoms with Crippen LogP contribution in [0.15, 0.2) is 0 Å². The zero-order valence-electron chi connectivity index (χ0n) is 13.9. The van der Waals surface area contributed by atoms with Crippen LogP contribution in [0.3, 0.4) is 0 Å². The average Bonchev–Trinajstić information content (AvgIpc) is 2.47. The normalized spacial score (nSPS) is 11.6. The maximum absolute atomic E-state index is 11.8. The predicted molar refractivity (Wildman–Crippen MR) is 81.1 cm³/mol. The molecular weight excluding hydrogens is 288 g/mol. The van der Waals surface area contributed by atoms with Crippen LogP contribution in [0.1, 0.15) is 65.7 Å². The van der Waals surface area contributed by atoms with Crippen molar-refractivity contribution < 1.29 is 28.6 Å². The quantitative estimate of drug-likeness (QED) is 0.313. The Morgan fingerprint density at radius 1 is 0.818 bits per heavy atom. The van der Waals surface area contributed by atoms with E-state index < -0.39 is 24.0 Å². The summed E-state index contributed by atoms with van der Waals surface area (Å²) in [5, 5.41) is 0. The Morgan fingerprint density at radius 3 is 2.05 bits per heavy atom. The van der Waals surface area contributed by atoms with Gasteiger partial charge in [0.1, 0.15) is 0 Å². The van der Waals surface area contributed by atoms with Gasteiger partial charge in [0.2, 0.25) is 6.10 Å². The summed E-state index contributed by atoms with van der Waals surface area (Å²) in [6, 6.07) is 0. The van der Waals surface area contributed by atoms with Crippen molar-refractivity contribution >= 4 is 17.9 Å². The highest BCUT2D eigenvalue weighted by Gasteiger charge is 2.27. The number of carbonyl (C=O) groups is 3. The van der Waals surface area contributed by atoms with Gasteiger partial charge in [-0.1, -0.05) is 32.6 Å². The highest BCUT2D eigenvalue weighted by molar-refractivity contribution is 5.84. The Balaban J connectivity index is 4.28. The minimum Gasteiger partial charge on any atom is -0.466 e. The van der Waals surface area contributed by atoms with E-state index in [9.17, 15) is 14.4 Å². The lowest BCUT2D eigenvalue weighted by Gasteiger charge is -2.15. The van der Waals surface area contributed by atoms with E-state index in [1.54, 1.807) is 13.8 Å². The van der Waals surface area contributed by atoms with Gasteiger partial charge in [0, 0.05) is 6.42 Å². The Kier molecular flexibility index (Phi) is 12.2. The first-order valence-corrected chi connectivity index (χ1v) is 8.06. The van der Waals surface area contributed by atoms with Crippen LogP contribution >= 0.6 is 0 Å². The fourth-order valence-electron chi connectivity index (χ4n) is 1.87. The largest absolute Gasteiger partial charge is 0.466 e. The lowest BCUT2D eigenvalue weighted by Crippen LogP contribution is -2.32. The van der Waals surface area contributed by atoms with Crippen LogP contribution in [-0.4, -0.2) is 37.2 Å². The van der Waals surface area contributed by atoms with Crippen LogP contribution in [0.25, 0.3) is 0 Å². The van der Waals surface area contributed by atoms with E-state index in [2.05, 4.69) is 6.92 Å². The van der Waals surface area contributed by atoms with E-state index in [-0.39, 0.29) is 26.1 Å². The molecule has 6 nitrogen and oxygen atoms in total. The van der Waals surface area contributed by atoms with Crippen molar-refractivity contribution in [1.29, 1.82) is 0 Å². The minimum absolute atomic E-state index is 0.159. The maximum atomic E-state index is 11.8. The summed E-state index contributed by atoms with van der Waals surface area (Å²) in [6.45, 7) is 5.80. The van der Waals surface area contributed by atoms with Gasteiger partial charge in [-0.3, -0.25) is 9.59 Å². The number of carbonyl (C=O) groups excluding carboxylic acids is 3. The molecule has 0 rings (SSSR count). The Bertz CT molecular complexity index is 340. The number of ether oxygens (including phenoxy) is 3. The number of hydrogen-bond acceptors (Lipinski definition) is 6. The third kappa shape index (κ3) is 10.2. The molecule has 0 aromatic carbocycles. The molecule has 0 aromatic rings. The molecule has 0 aliphatic rings. The topological polar surface area (TPSA) is 78.9 Å². The molecule has 0 radical (unpaired) electrons. The summed E-state index contributed by atoms with van der Waals surface area (Å²) < 4.78 is 14.7. The summed E-state index contributed by atoms with van der Waals surface area (Å²) in [7, 11) is 0. The van der Waals surface area contributed by atoms with E-state index in [4.69, 9.17) is 14.2 Å². The maximum Gasteiger partial charge on any atom is 0.348 e. The van der Waals surface area contributed by atoms with E-state index in [1.807, 2.05) is 0 Å². The SMILES string of the molecule is CCCCCCCC(=O)O[C@@H](CC(=O)OCC)C(=O)OCC. The number of esters is 3. The van der Waals surface area contributed by atoms with Crippen molar-refractivity contribution in [3.05, 3.63) is 0 Å². The van der Waals surface area contributed by atoms with Gasteiger partial charge < -0.3 is 14.2 Å². The first kappa shape index (κ1) is 20.4. The van der Waals surface area contributed by atoms with Crippen molar-refractivity contribution in [1.82, 2.24) is 0 Å². The molecule has 0 amide bonds. The standard InChI is InChI=1S/C16H28O6/c1-4-7-8-9-10-11-14(17)22-13(16(19)21-6-3)12-15(18)20-5-2/h13H,4-12H2,1-3H3/t13-/m0/s1. The second kappa shape index (κ2) is 13.1. The van der Waals surface area contributed by atoms with E-state index in [0.29, 0.717) is 6.42 Å². The third-order valence-electron chi connectivity index (χ3n) is 2.97. The van der Waals surface area contributed by atoms with Crippen molar-refractivity contribution in [2.24, 2.45) is 0 Å². The molecule has 0 bridgehead atoms. The van der Waals surface area contributed by atoms with Crippen LogP contribution in [0.2, 0.25) is 0 Å². The first-order valence-electron chi connectivity index (χ1n) is 8.06. The highest BCUT2D eigenvalue weighted by atomic mass is 16.6. The summed E-state index contributed by atoms with van der Waals surface area (Å²) in [5.41, 5.74) is 0. The van der Waals surface area contributed by atoms with Crippen molar-refractivity contribution in [2.75, 3.05) is 13.2 Å². The van der Waals surface area contributed by atoms with Crippen LogP contribution in [0.5, 0.6) is 0 Å². The number of hydrogen-bond donors (Lipinski definition) is 0. The van der Waals surface area contributed by atoms with Gasteiger partial charge in [0.15, 0.2) is 0 Å². The van der Waals surface area contributed by atoms with Gasteiger partial charge in [-0.15, -0.1) is 0 Å².